The first-order valence-corrected chi connectivity index (χ1v) is 8.07. The molecule has 4 heterocycles. The molecule has 2 amide bonds. The van der Waals surface area contributed by atoms with Gasteiger partial charge >= 0.3 is 0 Å². The van der Waals surface area contributed by atoms with Gasteiger partial charge in [0.1, 0.15) is 5.41 Å². The molecule has 6 heteroatoms. The Balaban J connectivity index is 1.71. The molecule has 1 aromatic carbocycles. The molecular weight excluding hydrogens is 296 g/mol. The van der Waals surface area contributed by atoms with Crippen molar-refractivity contribution in [2.75, 3.05) is 18.8 Å². The lowest BCUT2D eigenvalue weighted by Crippen LogP contribution is -2.53. The van der Waals surface area contributed by atoms with Crippen molar-refractivity contribution in [2.45, 2.75) is 30.4 Å². The third-order valence-electron chi connectivity index (χ3n) is 6.10. The van der Waals surface area contributed by atoms with Crippen LogP contribution < -0.4 is 10.4 Å². The lowest BCUT2D eigenvalue weighted by Gasteiger charge is -2.37. The van der Waals surface area contributed by atoms with Crippen molar-refractivity contribution in [1.29, 1.82) is 0 Å². The van der Waals surface area contributed by atoms with E-state index in [9.17, 15) is 9.59 Å². The predicted molar refractivity (Wildman–Crippen MR) is 80.5 cm³/mol. The number of benzene rings is 1. The zero-order valence-corrected chi connectivity index (χ0v) is 12.8. The van der Waals surface area contributed by atoms with Crippen LogP contribution in [0.3, 0.4) is 0 Å². The van der Waals surface area contributed by atoms with Crippen LogP contribution in [0.5, 0.6) is 0 Å². The van der Waals surface area contributed by atoms with Crippen LogP contribution in [-0.2, 0) is 24.6 Å². The molecule has 1 spiro atoms. The predicted octanol–water partition coefficient (Wildman–Crippen LogP) is 0.756. The summed E-state index contributed by atoms with van der Waals surface area (Å²) in [6.45, 7) is 0.545. The molecule has 3 saturated heterocycles. The van der Waals surface area contributed by atoms with E-state index in [1.165, 1.54) is 12.2 Å². The van der Waals surface area contributed by atoms with E-state index in [-0.39, 0.29) is 35.8 Å². The van der Waals surface area contributed by atoms with Gasteiger partial charge in [-0.3, -0.25) is 14.4 Å². The highest BCUT2D eigenvalue weighted by atomic mass is 16.7. The van der Waals surface area contributed by atoms with Gasteiger partial charge < -0.3 is 10.1 Å². The molecule has 23 heavy (non-hydrogen) atoms. The number of nitrogens with one attached hydrogen (secondary N) is 1. The van der Waals surface area contributed by atoms with Crippen molar-refractivity contribution >= 4 is 17.5 Å². The molecule has 1 aliphatic carbocycles. The van der Waals surface area contributed by atoms with Gasteiger partial charge in [0.15, 0.2) is 0 Å². The number of ether oxygens (including phenoxy) is 1. The van der Waals surface area contributed by atoms with Crippen molar-refractivity contribution in [3.8, 4) is 0 Å². The second-order valence-corrected chi connectivity index (χ2v) is 6.92. The number of carbonyl (C=O) groups is 2. The third kappa shape index (κ3) is 1.46. The average molecular weight is 314 g/mol. The number of nitrogens with zero attached hydrogens (tertiary/aromatic N) is 1. The topological polar surface area (TPSA) is 67.9 Å². The lowest BCUT2D eigenvalue weighted by molar-refractivity contribution is -0.142. The summed E-state index contributed by atoms with van der Waals surface area (Å²) in [6.07, 6.45) is 0.916. The van der Waals surface area contributed by atoms with Crippen LogP contribution in [0.1, 0.15) is 18.4 Å². The lowest BCUT2D eigenvalue weighted by atomic mass is 9.71. The summed E-state index contributed by atoms with van der Waals surface area (Å²) < 4.78 is 6.09. The Morgan fingerprint density at radius 1 is 1.35 bits per heavy atom. The van der Waals surface area contributed by atoms with Crippen molar-refractivity contribution in [1.82, 2.24) is 5.32 Å². The maximum absolute atomic E-state index is 13.3. The maximum atomic E-state index is 13.3. The molecule has 1 N–H and O–H groups in total. The highest BCUT2D eigenvalue weighted by Gasteiger charge is 2.65. The van der Waals surface area contributed by atoms with Crippen LogP contribution in [0.2, 0.25) is 0 Å². The summed E-state index contributed by atoms with van der Waals surface area (Å²) in [7, 11) is 1.51. The van der Waals surface area contributed by atoms with Crippen molar-refractivity contribution in [3.63, 3.8) is 0 Å². The van der Waals surface area contributed by atoms with E-state index in [4.69, 9.17) is 9.57 Å². The van der Waals surface area contributed by atoms with Gasteiger partial charge in [0.2, 0.25) is 5.91 Å². The largest absolute Gasteiger partial charge is 0.376 e. The van der Waals surface area contributed by atoms with E-state index in [1.54, 1.807) is 0 Å². The first-order chi connectivity index (χ1) is 11.2. The van der Waals surface area contributed by atoms with Crippen molar-refractivity contribution in [3.05, 3.63) is 29.8 Å². The second-order valence-electron chi connectivity index (χ2n) is 6.92. The van der Waals surface area contributed by atoms with Gasteiger partial charge in [-0.05, 0) is 24.5 Å². The Morgan fingerprint density at radius 2 is 2.17 bits per heavy atom. The van der Waals surface area contributed by atoms with Gasteiger partial charge in [0.25, 0.3) is 5.91 Å². The Bertz CT molecular complexity index is 720. The zero-order chi connectivity index (χ0) is 15.8. The highest BCUT2D eigenvalue weighted by molar-refractivity contribution is 6.07. The van der Waals surface area contributed by atoms with Gasteiger partial charge in [0, 0.05) is 17.9 Å². The van der Waals surface area contributed by atoms with E-state index in [1.807, 2.05) is 24.3 Å². The number of anilines is 1. The minimum Gasteiger partial charge on any atom is -0.376 e. The van der Waals surface area contributed by atoms with E-state index in [0.717, 1.165) is 11.3 Å². The quantitative estimate of drug-likeness (QED) is 0.831. The minimum absolute atomic E-state index is 0.00573. The SMILES string of the molecule is CON1C(=O)C2(CC3NC(=O)C4CC2OCC34)c2ccccc21. The van der Waals surface area contributed by atoms with Gasteiger partial charge in [-0.15, -0.1) is 0 Å². The molecule has 4 aliphatic heterocycles. The van der Waals surface area contributed by atoms with Crippen LogP contribution in [0, 0.1) is 11.8 Å². The molecule has 120 valence electrons. The molecule has 5 atom stereocenters. The van der Waals surface area contributed by atoms with E-state index in [2.05, 4.69) is 5.32 Å². The van der Waals surface area contributed by atoms with Crippen LogP contribution in [0.25, 0.3) is 0 Å². The van der Waals surface area contributed by atoms with Gasteiger partial charge in [0.05, 0.1) is 25.5 Å². The summed E-state index contributed by atoms with van der Waals surface area (Å²) in [6, 6.07) is 7.74. The molecule has 1 saturated carbocycles. The normalized spacial score (nSPS) is 40.5. The second kappa shape index (κ2) is 4.33. The number of hydroxylamine groups is 1. The number of hydrogen-bond acceptors (Lipinski definition) is 4. The summed E-state index contributed by atoms with van der Waals surface area (Å²) in [5.41, 5.74) is 0.990. The molecule has 6 nitrogen and oxygen atoms in total. The van der Waals surface area contributed by atoms with E-state index >= 15 is 0 Å². The maximum Gasteiger partial charge on any atom is 0.264 e. The smallest absolute Gasteiger partial charge is 0.264 e. The molecule has 5 unspecified atom stereocenters. The molecular formula is C17H18N2O4. The summed E-state index contributed by atoms with van der Waals surface area (Å²) in [5.74, 6) is 0.184. The Kier molecular flexibility index (Phi) is 2.54. The summed E-state index contributed by atoms with van der Waals surface area (Å²) in [4.78, 5) is 30.8. The summed E-state index contributed by atoms with van der Waals surface area (Å²) in [5, 5.41) is 4.47. The monoisotopic (exact) mass is 314 g/mol. The van der Waals surface area contributed by atoms with Crippen molar-refractivity contribution < 1.29 is 19.2 Å². The molecule has 4 fully saturated rings. The number of hydrogen-bond donors (Lipinski definition) is 1. The molecule has 5 aliphatic rings. The van der Waals surface area contributed by atoms with Crippen LogP contribution in [0.4, 0.5) is 5.69 Å². The minimum atomic E-state index is -0.755. The van der Waals surface area contributed by atoms with Crippen LogP contribution in [-0.4, -0.2) is 37.7 Å². The Labute approximate surface area is 133 Å². The highest BCUT2D eigenvalue weighted by Crippen LogP contribution is 2.55. The standard InChI is InChI=1S/C17H18N2O4/c1-22-19-13-5-3-2-4-11(13)17(16(19)21)7-12-10-8-23-14(17)6-9(10)15(20)18-12/h2-5,9-10,12,14H,6-8H2,1H3,(H,18,20). The third-order valence-corrected chi connectivity index (χ3v) is 6.10. The first-order valence-electron chi connectivity index (χ1n) is 8.07. The Morgan fingerprint density at radius 3 is 3.00 bits per heavy atom. The van der Waals surface area contributed by atoms with E-state index in [0.29, 0.717) is 19.4 Å². The van der Waals surface area contributed by atoms with Gasteiger partial charge in [-0.25, -0.2) is 0 Å². The van der Waals surface area contributed by atoms with E-state index < -0.39 is 5.41 Å². The number of carbonyl (C=O) groups excluding carboxylic acids is 2. The number of amides is 2. The summed E-state index contributed by atoms with van der Waals surface area (Å²) >= 11 is 0. The average Bonchev–Trinajstić information content (AvgIpc) is 2.88. The fourth-order valence-electron chi connectivity index (χ4n) is 5.06. The fourth-order valence-corrected chi connectivity index (χ4v) is 5.06. The molecule has 0 radical (unpaired) electrons. The zero-order valence-electron chi connectivity index (χ0n) is 12.8. The van der Waals surface area contributed by atoms with Crippen LogP contribution in [0.15, 0.2) is 24.3 Å². The number of para-hydroxylation sites is 1. The first kappa shape index (κ1) is 13.5. The van der Waals surface area contributed by atoms with Gasteiger partial charge in [-0.1, -0.05) is 18.2 Å². The molecule has 0 aromatic heterocycles. The van der Waals surface area contributed by atoms with Crippen LogP contribution >= 0.6 is 0 Å². The molecule has 6 rings (SSSR count). The van der Waals surface area contributed by atoms with Gasteiger partial charge in [-0.2, -0.15) is 5.06 Å². The number of rotatable bonds is 1. The van der Waals surface area contributed by atoms with Crippen molar-refractivity contribution in [2.24, 2.45) is 11.8 Å². The fraction of sp³-hybridized carbons (Fsp3) is 0.529. The molecule has 1 aromatic rings. The number of fused-ring (bicyclic) bond motifs is 2. The molecule has 4 bridgehead atoms. The Hall–Kier alpha value is -1.92.